The molecule has 0 aliphatic carbocycles. The minimum absolute atomic E-state index is 0.177. The number of nitrogens with zero attached hydrogens (tertiary/aromatic N) is 2. The molecule has 6 heteroatoms. The van der Waals surface area contributed by atoms with E-state index in [9.17, 15) is 9.18 Å². The van der Waals surface area contributed by atoms with E-state index < -0.39 is 17.8 Å². The first-order valence-electron chi connectivity index (χ1n) is 7.22. The third-order valence-electron chi connectivity index (χ3n) is 3.48. The molecular weight excluding hydrogens is 373 g/mol. The summed E-state index contributed by atoms with van der Waals surface area (Å²) < 4.78 is 15.1. The second-order valence-electron chi connectivity index (χ2n) is 5.07. The lowest BCUT2D eigenvalue weighted by Gasteiger charge is -2.20. The van der Waals surface area contributed by atoms with E-state index in [2.05, 4.69) is 31.2 Å². The van der Waals surface area contributed by atoms with Gasteiger partial charge in [-0.1, -0.05) is 52.3 Å². The van der Waals surface area contributed by atoms with Crippen molar-refractivity contribution in [3.05, 3.63) is 94.2 Å². The number of halogens is 2. The van der Waals surface area contributed by atoms with Crippen molar-refractivity contribution in [2.45, 2.75) is 6.04 Å². The highest BCUT2D eigenvalue weighted by Gasteiger charge is 2.21. The molecule has 2 aromatic carbocycles. The van der Waals surface area contributed by atoms with Crippen LogP contribution in [0.2, 0.25) is 0 Å². The number of hydrogen-bond donors (Lipinski definition) is 1. The van der Waals surface area contributed by atoms with Crippen molar-refractivity contribution in [3.8, 4) is 0 Å². The van der Waals surface area contributed by atoms with Crippen LogP contribution in [0.5, 0.6) is 0 Å². The molecule has 1 aromatic heterocycles. The summed E-state index contributed by atoms with van der Waals surface area (Å²) in [5, 5.41) is 2.83. The molecule has 120 valence electrons. The lowest BCUT2D eigenvalue weighted by Crippen LogP contribution is -2.30. The first-order chi connectivity index (χ1) is 11.6. The predicted molar refractivity (Wildman–Crippen MR) is 91.9 cm³/mol. The predicted octanol–water partition coefficient (Wildman–Crippen LogP) is 3.90. The summed E-state index contributed by atoms with van der Waals surface area (Å²) in [5.74, 6) is -0.822. The molecule has 1 N–H and O–H groups in total. The number of carbonyl (C=O) groups is 1. The van der Waals surface area contributed by atoms with E-state index in [0.29, 0.717) is 10.0 Å². The number of benzene rings is 2. The minimum atomic E-state index is -0.631. The number of rotatable bonds is 4. The minimum Gasteiger partial charge on any atom is -0.340 e. The molecule has 0 fully saturated rings. The smallest absolute Gasteiger partial charge is 0.272 e. The summed E-state index contributed by atoms with van der Waals surface area (Å²) in [6.07, 6.45) is 4.29. The number of aromatic nitrogens is 2. The van der Waals surface area contributed by atoms with Crippen LogP contribution >= 0.6 is 15.9 Å². The Balaban J connectivity index is 1.98. The van der Waals surface area contributed by atoms with Crippen LogP contribution < -0.4 is 5.32 Å². The van der Waals surface area contributed by atoms with Crippen LogP contribution in [0.3, 0.4) is 0 Å². The van der Waals surface area contributed by atoms with Crippen LogP contribution in [-0.4, -0.2) is 15.9 Å². The van der Waals surface area contributed by atoms with Gasteiger partial charge in [-0.2, -0.15) is 0 Å². The van der Waals surface area contributed by atoms with Crippen LogP contribution in [0, 0.1) is 5.82 Å². The van der Waals surface area contributed by atoms with Gasteiger partial charge in [0.2, 0.25) is 0 Å². The molecule has 3 aromatic rings. The maximum Gasteiger partial charge on any atom is 0.272 e. The molecule has 3 rings (SSSR count). The van der Waals surface area contributed by atoms with E-state index in [4.69, 9.17) is 0 Å². The van der Waals surface area contributed by atoms with E-state index in [1.54, 1.807) is 12.1 Å². The van der Waals surface area contributed by atoms with Gasteiger partial charge >= 0.3 is 0 Å². The van der Waals surface area contributed by atoms with E-state index in [1.807, 2.05) is 30.3 Å². The molecule has 0 radical (unpaired) electrons. The number of amides is 1. The molecule has 4 nitrogen and oxygen atoms in total. The SMILES string of the molecule is O=C(NC(c1ccccc1)c1ccc(Br)cc1F)c1cnccn1. The van der Waals surface area contributed by atoms with Crippen molar-refractivity contribution in [1.29, 1.82) is 0 Å². The van der Waals surface area contributed by atoms with Gasteiger partial charge in [-0.15, -0.1) is 0 Å². The average Bonchev–Trinajstić information content (AvgIpc) is 2.61. The average molecular weight is 386 g/mol. The number of hydrogen-bond acceptors (Lipinski definition) is 3. The van der Waals surface area contributed by atoms with Crippen LogP contribution in [0.1, 0.15) is 27.7 Å². The first kappa shape index (κ1) is 16.3. The molecule has 1 heterocycles. The van der Waals surface area contributed by atoms with Crippen molar-refractivity contribution in [1.82, 2.24) is 15.3 Å². The molecule has 0 spiro atoms. The van der Waals surface area contributed by atoms with Gasteiger partial charge in [0.25, 0.3) is 5.91 Å². The maximum atomic E-state index is 14.4. The summed E-state index contributed by atoms with van der Waals surface area (Å²) in [4.78, 5) is 20.3. The molecule has 24 heavy (non-hydrogen) atoms. The maximum absolute atomic E-state index is 14.4. The lowest BCUT2D eigenvalue weighted by molar-refractivity contribution is 0.0937. The fraction of sp³-hybridized carbons (Fsp3) is 0.0556. The standard InChI is InChI=1S/C18H13BrFN3O/c19-13-6-7-14(15(20)10-13)17(12-4-2-1-3-5-12)23-18(24)16-11-21-8-9-22-16/h1-11,17H,(H,23,24). The third-order valence-corrected chi connectivity index (χ3v) is 3.97. The van der Waals surface area contributed by atoms with E-state index in [0.717, 1.165) is 5.56 Å². The largest absolute Gasteiger partial charge is 0.340 e. The number of carbonyl (C=O) groups excluding carboxylic acids is 1. The molecule has 0 saturated carbocycles. The molecule has 1 atom stereocenters. The highest BCUT2D eigenvalue weighted by molar-refractivity contribution is 9.10. The zero-order chi connectivity index (χ0) is 16.9. The quantitative estimate of drug-likeness (QED) is 0.740. The fourth-order valence-electron chi connectivity index (χ4n) is 2.34. The lowest BCUT2D eigenvalue weighted by atomic mass is 9.98. The molecule has 1 unspecified atom stereocenters. The fourth-order valence-corrected chi connectivity index (χ4v) is 2.68. The molecule has 0 aliphatic heterocycles. The second kappa shape index (κ2) is 7.31. The van der Waals surface area contributed by atoms with Crippen molar-refractivity contribution < 1.29 is 9.18 Å². The summed E-state index contributed by atoms with van der Waals surface area (Å²) >= 11 is 3.24. The second-order valence-corrected chi connectivity index (χ2v) is 5.99. The van der Waals surface area contributed by atoms with Crippen LogP contribution in [0.4, 0.5) is 4.39 Å². The van der Waals surface area contributed by atoms with Gasteiger partial charge in [-0.05, 0) is 17.7 Å². The Kier molecular flexibility index (Phi) is 4.96. The Hall–Kier alpha value is -2.60. The van der Waals surface area contributed by atoms with Crippen molar-refractivity contribution in [2.75, 3.05) is 0 Å². The zero-order valence-electron chi connectivity index (χ0n) is 12.5. The van der Waals surface area contributed by atoms with Gasteiger partial charge in [0, 0.05) is 22.4 Å². The molecule has 0 aliphatic rings. The zero-order valence-corrected chi connectivity index (χ0v) is 14.1. The molecule has 0 bridgehead atoms. The normalized spacial score (nSPS) is 11.8. The van der Waals surface area contributed by atoms with E-state index >= 15 is 0 Å². The van der Waals surface area contributed by atoms with Gasteiger partial charge < -0.3 is 5.32 Å². The van der Waals surface area contributed by atoms with Gasteiger partial charge in [0.15, 0.2) is 0 Å². The van der Waals surface area contributed by atoms with Crippen LogP contribution in [0.25, 0.3) is 0 Å². The molecular formula is C18H13BrFN3O. The van der Waals surface area contributed by atoms with Gasteiger partial charge in [-0.25, -0.2) is 9.37 Å². The highest BCUT2D eigenvalue weighted by Crippen LogP contribution is 2.26. The van der Waals surface area contributed by atoms with E-state index in [1.165, 1.54) is 24.7 Å². The number of nitrogens with one attached hydrogen (secondary N) is 1. The summed E-state index contributed by atoms with van der Waals surface area (Å²) in [7, 11) is 0. The first-order valence-corrected chi connectivity index (χ1v) is 8.01. The van der Waals surface area contributed by atoms with Gasteiger partial charge in [0.1, 0.15) is 11.5 Å². The molecule has 1 amide bonds. The summed E-state index contributed by atoms with van der Waals surface area (Å²) in [5.41, 5.74) is 1.33. The van der Waals surface area contributed by atoms with Crippen LogP contribution in [-0.2, 0) is 0 Å². The summed E-state index contributed by atoms with van der Waals surface area (Å²) in [6.45, 7) is 0. The Morgan fingerprint density at radius 1 is 1.12 bits per heavy atom. The Morgan fingerprint density at radius 3 is 2.58 bits per heavy atom. The monoisotopic (exact) mass is 385 g/mol. The topological polar surface area (TPSA) is 54.9 Å². The Bertz CT molecular complexity index is 843. The van der Waals surface area contributed by atoms with Crippen molar-refractivity contribution in [2.24, 2.45) is 0 Å². The highest BCUT2D eigenvalue weighted by atomic mass is 79.9. The van der Waals surface area contributed by atoms with Crippen molar-refractivity contribution >= 4 is 21.8 Å². The van der Waals surface area contributed by atoms with Gasteiger partial charge in [-0.3, -0.25) is 9.78 Å². The molecule has 0 saturated heterocycles. The van der Waals surface area contributed by atoms with E-state index in [-0.39, 0.29) is 5.69 Å². The third kappa shape index (κ3) is 3.65. The Morgan fingerprint density at radius 2 is 1.92 bits per heavy atom. The van der Waals surface area contributed by atoms with Gasteiger partial charge in [0.05, 0.1) is 12.2 Å². The Labute approximate surface area is 146 Å². The van der Waals surface area contributed by atoms with Crippen LogP contribution in [0.15, 0.2) is 71.6 Å². The van der Waals surface area contributed by atoms with Crippen molar-refractivity contribution in [3.63, 3.8) is 0 Å². The summed E-state index contributed by atoms with van der Waals surface area (Å²) in [6, 6.07) is 13.3.